The van der Waals surface area contributed by atoms with Crippen LogP contribution in [0.25, 0.3) is 0 Å². The predicted molar refractivity (Wildman–Crippen MR) is 89.0 cm³/mol. The van der Waals surface area contributed by atoms with Gasteiger partial charge in [0.1, 0.15) is 0 Å². The van der Waals surface area contributed by atoms with Gasteiger partial charge in [-0.3, -0.25) is 9.59 Å². The van der Waals surface area contributed by atoms with Gasteiger partial charge < -0.3 is 10.2 Å². The fourth-order valence-corrected chi connectivity index (χ4v) is 4.63. The Kier molecular flexibility index (Phi) is 5.09. The van der Waals surface area contributed by atoms with Crippen molar-refractivity contribution in [1.29, 1.82) is 0 Å². The van der Waals surface area contributed by atoms with E-state index in [4.69, 9.17) is 0 Å². The summed E-state index contributed by atoms with van der Waals surface area (Å²) < 4.78 is 23.2. The number of anilines is 1. The smallest absolute Gasteiger partial charge is 0.313 e. The van der Waals surface area contributed by atoms with Gasteiger partial charge in [0.15, 0.2) is 9.84 Å². The Morgan fingerprint density at radius 1 is 1.26 bits per heavy atom. The number of nitrogens with one attached hydrogen (secondary N) is 1. The van der Waals surface area contributed by atoms with Crippen LogP contribution in [0.5, 0.6) is 0 Å². The second kappa shape index (κ2) is 6.70. The second-order valence-electron chi connectivity index (χ2n) is 5.87. The Labute approximate surface area is 136 Å². The summed E-state index contributed by atoms with van der Waals surface area (Å²) >= 11 is 0. The zero-order valence-electron chi connectivity index (χ0n) is 13.6. The third-order valence-corrected chi connectivity index (χ3v) is 5.91. The van der Waals surface area contributed by atoms with Gasteiger partial charge in [-0.1, -0.05) is 18.2 Å². The summed E-state index contributed by atoms with van der Waals surface area (Å²) in [6.07, 6.45) is 0.387. The van der Waals surface area contributed by atoms with Crippen molar-refractivity contribution in [1.82, 2.24) is 4.90 Å². The van der Waals surface area contributed by atoms with Crippen molar-refractivity contribution >= 4 is 27.3 Å². The van der Waals surface area contributed by atoms with Crippen molar-refractivity contribution < 1.29 is 18.0 Å². The molecule has 1 aromatic rings. The number of likely N-dealkylation sites (N-methyl/N-ethyl adjacent to an activating group) is 1. The van der Waals surface area contributed by atoms with Crippen molar-refractivity contribution in [2.75, 3.05) is 23.4 Å². The lowest BCUT2D eigenvalue weighted by Gasteiger charge is -2.26. The predicted octanol–water partition coefficient (Wildman–Crippen LogP) is 1.28. The molecule has 1 unspecified atom stereocenters. The summed E-state index contributed by atoms with van der Waals surface area (Å²) in [6.45, 7) is 5.76. The molecule has 0 aromatic heterocycles. The van der Waals surface area contributed by atoms with Crippen molar-refractivity contribution in [3.8, 4) is 0 Å². The van der Waals surface area contributed by atoms with Gasteiger partial charge in [-0.25, -0.2) is 8.42 Å². The van der Waals surface area contributed by atoms with E-state index in [2.05, 4.69) is 5.32 Å². The first-order valence-electron chi connectivity index (χ1n) is 7.63. The van der Waals surface area contributed by atoms with Crippen LogP contribution in [-0.2, 0) is 19.4 Å². The topological polar surface area (TPSA) is 83.6 Å². The second-order valence-corrected chi connectivity index (χ2v) is 8.10. The number of carbonyl (C=O) groups is 2. The number of nitrogens with zero attached hydrogens (tertiary/aromatic N) is 1. The maximum absolute atomic E-state index is 12.4. The molecule has 1 fully saturated rings. The highest BCUT2D eigenvalue weighted by Crippen LogP contribution is 2.21. The van der Waals surface area contributed by atoms with Crippen LogP contribution >= 0.6 is 0 Å². The Morgan fingerprint density at radius 3 is 2.35 bits per heavy atom. The van der Waals surface area contributed by atoms with E-state index >= 15 is 0 Å². The standard InChI is InChI=1S/C16H22N2O4S/c1-4-18(13-8-9-23(21,22)10-13)16(20)15(19)17-14-11(2)6-5-7-12(14)3/h5-7,13H,4,8-10H2,1-3H3,(H,17,19). The fourth-order valence-electron chi connectivity index (χ4n) is 2.90. The highest BCUT2D eigenvalue weighted by atomic mass is 32.2. The molecule has 1 heterocycles. The fraction of sp³-hybridized carbons (Fsp3) is 0.500. The number of carbonyl (C=O) groups excluding carboxylic acids is 2. The lowest BCUT2D eigenvalue weighted by Crippen LogP contribution is -2.46. The van der Waals surface area contributed by atoms with E-state index in [9.17, 15) is 18.0 Å². The number of sulfone groups is 1. The van der Waals surface area contributed by atoms with Gasteiger partial charge in [0.2, 0.25) is 0 Å². The quantitative estimate of drug-likeness (QED) is 0.842. The number of benzene rings is 1. The summed E-state index contributed by atoms with van der Waals surface area (Å²) in [5.41, 5.74) is 2.37. The number of hydrogen-bond acceptors (Lipinski definition) is 4. The molecular formula is C16H22N2O4S. The maximum atomic E-state index is 12.4. The molecule has 23 heavy (non-hydrogen) atoms. The molecule has 1 aliphatic heterocycles. The molecule has 7 heteroatoms. The number of hydrogen-bond donors (Lipinski definition) is 1. The van der Waals surface area contributed by atoms with Gasteiger partial charge in [-0.15, -0.1) is 0 Å². The van der Waals surface area contributed by atoms with Gasteiger partial charge in [-0.05, 0) is 38.3 Å². The summed E-state index contributed by atoms with van der Waals surface area (Å²) in [5.74, 6) is -1.41. The van der Waals surface area contributed by atoms with Crippen molar-refractivity contribution in [3.05, 3.63) is 29.3 Å². The molecule has 0 aliphatic carbocycles. The van der Waals surface area contributed by atoms with Gasteiger partial charge in [0, 0.05) is 18.3 Å². The molecule has 1 atom stereocenters. The minimum Gasteiger partial charge on any atom is -0.331 e. The normalized spacial score (nSPS) is 19.3. The number of aryl methyl sites for hydroxylation is 2. The molecule has 2 rings (SSSR count). The molecule has 0 bridgehead atoms. The lowest BCUT2D eigenvalue weighted by molar-refractivity contribution is -0.144. The first-order chi connectivity index (χ1) is 10.7. The van der Waals surface area contributed by atoms with Crippen molar-refractivity contribution in [2.24, 2.45) is 0 Å². The first kappa shape index (κ1) is 17.5. The zero-order chi connectivity index (χ0) is 17.2. The lowest BCUT2D eigenvalue weighted by atomic mass is 10.1. The highest BCUT2D eigenvalue weighted by Gasteiger charge is 2.36. The SMILES string of the molecule is CCN(C(=O)C(=O)Nc1c(C)cccc1C)C1CCS(=O)(=O)C1. The first-order valence-corrected chi connectivity index (χ1v) is 9.46. The van der Waals surface area contributed by atoms with E-state index in [1.165, 1.54) is 4.90 Å². The molecule has 2 amide bonds. The molecule has 126 valence electrons. The number of para-hydroxylation sites is 1. The van der Waals surface area contributed by atoms with Crippen molar-refractivity contribution in [3.63, 3.8) is 0 Å². The van der Waals surface area contributed by atoms with Crippen LogP contribution in [0.2, 0.25) is 0 Å². The third kappa shape index (κ3) is 3.90. The van der Waals surface area contributed by atoms with Crippen molar-refractivity contribution in [2.45, 2.75) is 33.2 Å². The van der Waals surface area contributed by atoms with Crippen LogP contribution in [0.1, 0.15) is 24.5 Å². The number of rotatable bonds is 3. The van der Waals surface area contributed by atoms with Gasteiger partial charge in [0.25, 0.3) is 0 Å². The number of amides is 2. The van der Waals surface area contributed by atoms with E-state index < -0.39 is 27.7 Å². The van der Waals surface area contributed by atoms with Crippen LogP contribution in [0, 0.1) is 13.8 Å². The molecule has 0 radical (unpaired) electrons. The Bertz CT molecular complexity index is 707. The van der Waals surface area contributed by atoms with E-state index in [-0.39, 0.29) is 11.5 Å². The van der Waals surface area contributed by atoms with Gasteiger partial charge in [-0.2, -0.15) is 0 Å². The molecule has 0 saturated carbocycles. The monoisotopic (exact) mass is 338 g/mol. The van der Waals surface area contributed by atoms with E-state index in [0.717, 1.165) is 11.1 Å². The van der Waals surface area contributed by atoms with Crippen LogP contribution in [0.15, 0.2) is 18.2 Å². The zero-order valence-corrected chi connectivity index (χ0v) is 14.4. The summed E-state index contributed by atoms with van der Waals surface area (Å²) in [4.78, 5) is 26.1. The molecule has 1 aliphatic rings. The van der Waals surface area contributed by atoms with Crippen LogP contribution < -0.4 is 5.32 Å². The maximum Gasteiger partial charge on any atom is 0.313 e. The summed E-state index contributed by atoms with van der Waals surface area (Å²) in [5, 5.41) is 2.66. The van der Waals surface area contributed by atoms with Crippen LogP contribution in [0.4, 0.5) is 5.69 Å². The van der Waals surface area contributed by atoms with Gasteiger partial charge in [0.05, 0.1) is 11.5 Å². The minimum atomic E-state index is -3.11. The van der Waals surface area contributed by atoms with E-state index in [1.807, 2.05) is 32.0 Å². The van der Waals surface area contributed by atoms with E-state index in [1.54, 1.807) is 6.92 Å². The Morgan fingerprint density at radius 2 is 1.87 bits per heavy atom. The Hall–Kier alpha value is -1.89. The molecule has 1 aromatic carbocycles. The summed E-state index contributed by atoms with van der Waals surface area (Å²) in [6, 6.07) is 5.17. The minimum absolute atomic E-state index is 0.0662. The molecular weight excluding hydrogens is 316 g/mol. The largest absolute Gasteiger partial charge is 0.331 e. The van der Waals surface area contributed by atoms with Crippen LogP contribution in [0.3, 0.4) is 0 Å². The Balaban J connectivity index is 2.13. The average Bonchev–Trinajstić information content (AvgIpc) is 2.83. The summed E-state index contributed by atoms with van der Waals surface area (Å²) in [7, 11) is -3.11. The molecule has 0 spiro atoms. The third-order valence-electron chi connectivity index (χ3n) is 4.16. The highest BCUT2D eigenvalue weighted by molar-refractivity contribution is 7.91. The van der Waals surface area contributed by atoms with E-state index in [0.29, 0.717) is 18.7 Å². The van der Waals surface area contributed by atoms with Crippen LogP contribution in [-0.4, -0.2) is 49.2 Å². The molecule has 1 saturated heterocycles. The van der Waals surface area contributed by atoms with Gasteiger partial charge >= 0.3 is 11.8 Å². The molecule has 1 N–H and O–H groups in total. The molecule has 6 nitrogen and oxygen atoms in total. The average molecular weight is 338 g/mol.